The van der Waals surface area contributed by atoms with Crippen LogP contribution in [0.25, 0.3) is 0 Å². The third-order valence-electron chi connectivity index (χ3n) is 5.52. The van der Waals surface area contributed by atoms with Crippen LogP contribution >= 0.6 is 0 Å². The third-order valence-corrected chi connectivity index (χ3v) is 6.92. The van der Waals surface area contributed by atoms with E-state index >= 15 is 0 Å². The number of hydrogen-bond acceptors (Lipinski definition) is 7. The second kappa shape index (κ2) is 11.1. The SMILES string of the molecule is CCOc1ccc(NS(=O)(=O)c2ccc(N=NCCCCN3C(=O)c4ccccc4C3=O)cc2)cc1. The van der Waals surface area contributed by atoms with Gasteiger partial charge in [0.15, 0.2) is 0 Å². The first-order valence-corrected chi connectivity index (χ1v) is 13.1. The van der Waals surface area contributed by atoms with E-state index in [1.165, 1.54) is 17.0 Å². The molecule has 1 N–H and O–H groups in total. The fourth-order valence-electron chi connectivity index (χ4n) is 3.72. The molecule has 186 valence electrons. The van der Waals surface area contributed by atoms with Crippen molar-refractivity contribution in [3.8, 4) is 5.75 Å². The Bertz CT molecular complexity index is 1340. The van der Waals surface area contributed by atoms with Crippen LogP contribution < -0.4 is 9.46 Å². The van der Waals surface area contributed by atoms with Gasteiger partial charge in [0.05, 0.1) is 34.9 Å². The highest BCUT2D eigenvalue weighted by molar-refractivity contribution is 7.92. The molecule has 0 saturated carbocycles. The van der Waals surface area contributed by atoms with E-state index in [1.54, 1.807) is 60.7 Å². The maximum Gasteiger partial charge on any atom is 0.261 e. The van der Waals surface area contributed by atoms with E-state index in [9.17, 15) is 18.0 Å². The van der Waals surface area contributed by atoms with Gasteiger partial charge in [-0.3, -0.25) is 19.2 Å². The van der Waals surface area contributed by atoms with Crippen LogP contribution in [-0.2, 0) is 10.0 Å². The maximum absolute atomic E-state index is 12.6. The van der Waals surface area contributed by atoms with Crippen molar-refractivity contribution in [3.05, 3.63) is 83.9 Å². The van der Waals surface area contributed by atoms with Crippen LogP contribution in [0.2, 0.25) is 0 Å². The molecule has 2 amide bonds. The molecule has 0 unspecified atom stereocenters. The molecule has 4 rings (SSSR count). The number of ether oxygens (including phenoxy) is 1. The zero-order valence-electron chi connectivity index (χ0n) is 19.8. The number of imide groups is 1. The number of azo groups is 1. The molecule has 9 nitrogen and oxygen atoms in total. The third kappa shape index (κ3) is 5.77. The highest BCUT2D eigenvalue weighted by Crippen LogP contribution is 2.23. The number of anilines is 1. The normalized spacial score (nSPS) is 13.3. The molecule has 0 bridgehead atoms. The molecular weight excluding hydrogens is 480 g/mol. The summed E-state index contributed by atoms with van der Waals surface area (Å²) in [4.78, 5) is 26.1. The number of amides is 2. The van der Waals surface area contributed by atoms with Crippen LogP contribution in [0.15, 0.2) is 87.9 Å². The van der Waals surface area contributed by atoms with E-state index in [0.29, 0.717) is 60.8 Å². The molecule has 0 atom stereocenters. The number of sulfonamides is 1. The minimum absolute atomic E-state index is 0.108. The van der Waals surface area contributed by atoms with Crippen LogP contribution in [0, 0.1) is 0 Å². The monoisotopic (exact) mass is 506 g/mol. The van der Waals surface area contributed by atoms with Crippen molar-refractivity contribution in [2.75, 3.05) is 24.4 Å². The molecular formula is C26H26N4O5S. The van der Waals surface area contributed by atoms with E-state index < -0.39 is 10.0 Å². The van der Waals surface area contributed by atoms with Crippen LogP contribution in [0.3, 0.4) is 0 Å². The van der Waals surface area contributed by atoms with Gasteiger partial charge in [-0.2, -0.15) is 10.2 Å². The Morgan fingerprint density at radius 2 is 1.50 bits per heavy atom. The van der Waals surface area contributed by atoms with Gasteiger partial charge in [-0.05, 0) is 80.4 Å². The predicted molar refractivity (Wildman–Crippen MR) is 135 cm³/mol. The van der Waals surface area contributed by atoms with Gasteiger partial charge < -0.3 is 4.74 Å². The molecule has 0 aromatic heterocycles. The molecule has 10 heteroatoms. The largest absolute Gasteiger partial charge is 0.494 e. The van der Waals surface area contributed by atoms with Crippen LogP contribution in [0.4, 0.5) is 11.4 Å². The van der Waals surface area contributed by atoms with Gasteiger partial charge in [-0.1, -0.05) is 12.1 Å². The maximum atomic E-state index is 12.6. The van der Waals surface area contributed by atoms with E-state index in [-0.39, 0.29) is 16.7 Å². The highest BCUT2D eigenvalue weighted by Gasteiger charge is 2.34. The number of carbonyl (C=O) groups is 2. The van der Waals surface area contributed by atoms with Crippen molar-refractivity contribution in [2.45, 2.75) is 24.7 Å². The summed E-state index contributed by atoms with van der Waals surface area (Å²) in [6.07, 6.45) is 1.26. The first-order chi connectivity index (χ1) is 17.4. The van der Waals surface area contributed by atoms with Gasteiger partial charge in [-0.15, -0.1) is 0 Å². The van der Waals surface area contributed by atoms with Crippen LogP contribution in [0.5, 0.6) is 5.75 Å². The Hall–Kier alpha value is -4.05. The van der Waals surface area contributed by atoms with Crippen molar-refractivity contribution in [1.29, 1.82) is 0 Å². The topological polar surface area (TPSA) is 117 Å². The fraction of sp³-hybridized carbons (Fsp3) is 0.231. The van der Waals surface area contributed by atoms with Crippen molar-refractivity contribution in [2.24, 2.45) is 10.2 Å². The summed E-state index contributed by atoms with van der Waals surface area (Å²) in [5.74, 6) is 0.146. The lowest BCUT2D eigenvalue weighted by molar-refractivity contribution is 0.0652. The van der Waals surface area contributed by atoms with E-state index in [2.05, 4.69) is 15.0 Å². The van der Waals surface area contributed by atoms with Crippen molar-refractivity contribution >= 4 is 33.2 Å². The fourth-order valence-corrected chi connectivity index (χ4v) is 4.78. The Morgan fingerprint density at radius 3 is 2.11 bits per heavy atom. The molecule has 1 heterocycles. The Labute approximate surface area is 209 Å². The number of carbonyl (C=O) groups excluding carboxylic acids is 2. The molecule has 0 saturated heterocycles. The predicted octanol–water partition coefficient (Wildman–Crippen LogP) is 5.05. The molecule has 0 aliphatic carbocycles. The smallest absolute Gasteiger partial charge is 0.261 e. The quantitative estimate of drug-likeness (QED) is 0.222. The van der Waals surface area contributed by atoms with Crippen molar-refractivity contribution in [1.82, 2.24) is 4.90 Å². The van der Waals surface area contributed by atoms with Gasteiger partial charge in [0, 0.05) is 12.2 Å². The van der Waals surface area contributed by atoms with Crippen LogP contribution in [0.1, 0.15) is 40.5 Å². The second-order valence-corrected chi connectivity index (χ2v) is 9.72. The number of nitrogens with zero attached hydrogens (tertiary/aromatic N) is 3. The highest BCUT2D eigenvalue weighted by atomic mass is 32.2. The summed E-state index contributed by atoms with van der Waals surface area (Å²) >= 11 is 0. The Morgan fingerprint density at radius 1 is 0.861 bits per heavy atom. The number of nitrogens with one attached hydrogen (secondary N) is 1. The lowest BCUT2D eigenvalue weighted by atomic mass is 10.1. The number of benzene rings is 3. The standard InChI is InChI=1S/C26H26N4O5S/c1-2-35-21-13-9-20(10-14-21)29-36(33,34)22-15-11-19(12-16-22)28-27-17-5-6-18-30-25(31)23-7-3-4-8-24(23)26(30)32/h3-4,7-16,29H,2,5-6,17-18H2,1H3. The summed E-state index contributed by atoms with van der Waals surface area (Å²) in [6, 6.07) is 19.6. The lowest BCUT2D eigenvalue weighted by Crippen LogP contribution is -2.30. The molecule has 1 aliphatic rings. The van der Waals surface area contributed by atoms with E-state index in [1.807, 2.05) is 6.92 Å². The van der Waals surface area contributed by atoms with Crippen LogP contribution in [-0.4, -0.2) is 44.8 Å². The van der Waals surface area contributed by atoms with Gasteiger partial charge in [0.25, 0.3) is 21.8 Å². The molecule has 3 aromatic carbocycles. The van der Waals surface area contributed by atoms with Crippen molar-refractivity contribution < 1.29 is 22.7 Å². The molecule has 36 heavy (non-hydrogen) atoms. The minimum Gasteiger partial charge on any atom is -0.494 e. The van der Waals surface area contributed by atoms with Crippen molar-refractivity contribution in [3.63, 3.8) is 0 Å². The van der Waals surface area contributed by atoms with Gasteiger partial charge in [-0.25, -0.2) is 8.42 Å². The first-order valence-electron chi connectivity index (χ1n) is 11.6. The number of fused-ring (bicyclic) bond motifs is 1. The Balaban J connectivity index is 1.24. The average Bonchev–Trinajstić information content (AvgIpc) is 3.12. The molecule has 0 radical (unpaired) electrons. The molecule has 0 fully saturated rings. The summed E-state index contributed by atoms with van der Waals surface area (Å²) in [5.41, 5.74) is 1.85. The summed E-state index contributed by atoms with van der Waals surface area (Å²) in [7, 11) is -3.75. The number of rotatable bonds is 11. The second-order valence-electron chi connectivity index (χ2n) is 8.04. The summed E-state index contributed by atoms with van der Waals surface area (Å²) in [6.45, 7) is 3.16. The van der Waals surface area contributed by atoms with Gasteiger partial charge >= 0.3 is 0 Å². The van der Waals surface area contributed by atoms with E-state index in [4.69, 9.17) is 4.74 Å². The number of unbranched alkanes of at least 4 members (excludes halogenated alkanes) is 1. The molecule has 3 aromatic rings. The molecule has 1 aliphatic heterocycles. The van der Waals surface area contributed by atoms with Gasteiger partial charge in [0.2, 0.25) is 0 Å². The first kappa shape index (κ1) is 25.1. The Kier molecular flexibility index (Phi) is 7.74. The van der Waals surface area contributed by atoms with E-state index in [0.717, 1.165) is 0 Å². The summed E-state index contributed by atoms with van der Waals surface area (Å²) in [5, 5.41) is 8.25. The number of hydrogen-bond donors (Lipinski definition) is 1. The average molecular weight is 507 g/mol. The zero-order valence-corrected chi connectivity index (χ0v) is 20.6. The zero-order chi connectivity index (χ0) is 25.5. The summed E-state index contributed by atoms with van der Waals surface area (Å²) < 4.78 is 33.2. The molecule has 0 spiro atoms. The minimum atomic E-state index is -3.75. The lowest BCUT2D eigenvalue weighted by Gasteiger charge is -2.12. The van der Waals surface area contributed by atoms with Gasteiger partial charge in [0.1, 0.15) is 5.75 Å².